The summed E-state index contributed by atoms with van der Waals surface area (Å²) < 4.78 is 5.38. The quantitative estimate of drug-likeness (QED) is 0.705. The molecule has 0 bridgehead atoms. The first-order chi connectivity index (χ1) is 13.2. The van der Waals surface area contributed by atoms with Gasteiger partial charge in [-0.25, -0.2) is 0 Å². The second-order valence-corrected chi connectivity index (χ2v) is 6.58. The Morgan fingerprint density at radius 1 is 0.889 bits per heavy atom. The lowest BCUT2D eigenvalue weighted by Crippen LogP contribution is -2.48. The zero-order valence-corrected chi connectivity index (χ0v) is 15.8. The summed E-state index contributed by atoms with van der Waals surface area (Å²) in [5.74, 6) is 0.803. The molecule has 5 nitrogen and oxygen atoms in total. The fraction of sp³-hybridized carbons (Fsp3) is 0.364. The van der Waals surface area contributed by atoms with E-state index in [1.165, 1.54) is 5.69 Å². The van der Waals surface area contributed by atoms with Crippen LogP contribution in [0, 0.1) is 0 Å². The second-order valence-electron chi connectivity index (χ2n) is 6.58. The molecule has 1 fully saturated rings. The van der Waals surface area contributed by atoms with Gasteiger partial charge in [-0.1, -0.05) is 18.2 Å². The first-order valence-electron chi connectivity index (χ1n) is 9.51. The molecule has 3 rings (SSSR count). The molecule has 1 aliphatic rings. The van der Waals surface area contributed by atoms with Crippen LogP contribution in [0.5, 0.6) is 5.75 Å². The molecule has 142 valence electrons. The van der Waals surface area contributed by atoms with Crippen molar-refractivity contribution in [3.8, 4) is 5.75 Å². The summed E-state index contributed by atoms with van der Waals surface area (Å²) in [5, 5.41) is 0. The zero-order chi connectivity index (χ0) is 19.1. The number of hydrogen-bond donors (Lipinski definition) is 0. The number of para-hydroxylation sites is 1. The van der Waals surface area contributed by atoms with Gasteiger partial charge in [0.25, 0.3) is 0 Å². The fourth-order valence-electron chi connectivity index (χ4n) is 3.28. The third kappa shape index (κ3) is 5.09. The van der Waals surface area contributed by atoms with E-state index in [-0.39, 0.29) is 24.5 Å². The highest BCUT2D eigenvalue weighted by Gasteiger charge is 2.21. The number of rotatable bonds is 7. The number of ether oxygens (including phenoxy) is 1. The SMILES string of the molecule is CCOc1ccc(C(=O)CCC(=O)N2CCN(c3ccccc3)CC2)cc1. The van der Waals surface area contributed by atoms with Crippen LogP contribution in [0.3, 0.4) is 0 Å². The Balaban J connectivity index is 1.45. The monoisotopic (exact) mass is 366 g/mol. The number of anilines is 1. The van der Waals surface area contributed by atoms with Crippen molar-refractivity contribution in [2.24, 2.45) is 0 Å². The van der Waals surface area contributed by atoms with Crippen LogP contribution in [0.4, 0.5) is 5.69 Å². The molecule has 0 N–H and O–H groups in total. The van der Waals surface area contributed by atoms with Gasteiger partial charge in [-0.05, 0) is 43.3 Å². The lowest BCUT2D eigenvalue weighted by atomic mass is 10.1. The van der Waals surface area contributed by atoms with E-state index in [0.717, 1.165) is 18.8 Å². The van der Waals surface area contributed by atoms with Crippen LogP contribution in [0.2, 0.25) is 0 Å². The van der Waals surface area contributed by atoms with Crippen LogP contribution in [0.15, 0.2) is 54.6 Å². The minimum Gasteiger partial charge on any atom is -0.494 e. The van der Waals surface area contributed by atoms with Crippen LogP contribution >= 0.6 is 0 Å². The Morgan fingerprint density at radius 3 is 2.19 bits per heavy atom. The van der Waals surface area contributed by atoms with Crippen LogP contribution in [-0.4, -0.2) is 49.4 Å². The number of piperazine rings is 1. The standard InChI is InChI=1S/C22H26N2O3/c1-2-27-20-10-8-18(9-11-20)21(25)12-13-22(26)24-16-14-23(15-17-24)19-6-4-3-5-7-19/h3-11H,2,12-17H2,1H3. The number of ketones is 1. The maximum atomic E-state index is 12.5. The fourth-order valence-corrected chi connectivity index (χ4v) is 3.28. The maximum Gasteiger partial charge on any atom is 0.223 e. The van der Waals surface area contributed by atoms with Gasteiger partial charge < -0.3 is 14.5 Å². The van der Waals surface area contributed by atoms with Gasteiger partial charge in [-0.2, -0.15) is 0 Å². The summed E-state index contributed by atoms with van der Waals surface area (Å²) in [5.41, 5.74) is 1.82. The Bertz CT molecular complexity index is 751. The van der Waals surface area contributed by atoms with Crippen molar-refractivity contribution in [2.75, 3.05) is 37.7 Å². The van der Waals surface area contributed by atoms with Gasteiger partial charge in [0, 0.05) is 50.3 Å². The molecule has 1 saturated heterocycles. The Labute approximate surface area is 160 Å². The van der Waals surface area contributed by atoms with E-state index < -0.39 is 0 Å². The third-order valence-electron chi connectivity index (χ3n) is 4.81. The maximum absolute atomic E-state index is 12.5. The zero-order valence-electron chi connectivity index (χ0n) is 15.8. The summed E-state index contributed by atoms with van der Waals surface area (Å²) in [6.45, 7) is 5.56. The molecule has 27 heavy (non-hydrogen) atoms. The number of carbonyl (C=O) groups is 2. The molecule has 0 saturated carbocycles. The predicted molar refractivity (Wildman–Crippen MR) is 106 cm³/mol. The Kier molecular flexibility index (Phi) is 6.47. The number of Topliss-reactive ketones (excluding diaryl/α,β-unsaturated/α-hetero) is 1. The molecular formula is C22H26N2O3. The van der Waals surface area contributed by atoms with E-state index in [9.17, 15) is 9.59 Å². The minimum absolute atomic E-state index is 0.00526. The number of carbonyl (C=O) groups excluding carboxylic acids is 2. The predicted octanol–water partition coefficient (Wildman–Crippen LogP) is 3.40. The van der Waals surface area contributed by atoms with Crippen LogP contribution < -0.4 is 9.64 Å². The van der Waals surface area contributed by atoms with Crippen molar-refractivity contribution in [2.45, 2.75) is 19.8 Å². The molecule has 0 unspecified atom stereocenters. The van der Waals surface area contributed by atoms with E-state index in [0.29, 0.717) is 25.3 Å². The van der Waals surface area contributed by atoms with Gasteiger partial charge in [0.15, 0.2) is 5.78 Å². The topological polar surface area (TPSA) is 49.9 Å². The highest BCUT2D eigenvalue weighted by atomic mass is 16.5. The second kappa shape index (κ2) is 9.21. The van der Waals surface area contributed by atoms with Crippen LogP contribution in [0.1, 0.15) is 30.1 Å². The molecule has 0 atom stereocenters. The lowest BCUT2D eigenvalue weighted by Gasteiger charge is -2.36. The van der Waals surface area contributed by atoms with Gasteiger partial charge in [0.1, 0.15) is 5.75 Å². The summed E-state index contributed by atoms with van der Waals surface area (Å²) in [6, 6.07) is 17.3. The molecule has 0 spiro atoms. The molecule has 0 aromatic heterocycles. The molecule has 1 heterocycles. The van der Waals surface area contributed by atoms with Crippen molar-refractivity contribution in [3.63, 3.8) is 0 Å². The molecular weight excluding hydrogens is 340 g/mol. The van der Waals surface area contributed by atoms with Gasteiger partial charge in [0.05, 0.1) is 6.61 Å². The Hall–Kier alpha value is -2.82. The van der Waals surface area contributed by atoms with E-state index >= 15 is 0 Å². The highest BCUT2D eigenvalue weighted by Crippen LogP contribution is 2.17. The van der Waals surface area contributed by atoms with Crippen molar-refractivity contribution >= 4 is 17.4 Å². The molecule has 1 amide bonds. The largest absolute Gasteiger partial charge is 0.494 e. The van der Waals surface area contributed by atoms with Gasteiger partial charge in [-0.3, -0.25) is 9.59 Å². The smallest absolute Gasteiger partial charge is 0.223 e. The molecule has 0 aliphatic carbocycles. The molecule has 5 heteroatoms. The van der Waals surface area contributed by atoms with Gasteiger partial charge >= 0.3 is 0 Å². The van der Waals surface area contributed by atoms with Gasteiger partial charge in [0.2, 0.25) is 5.91 Å². The lowest BCUT2D eigenvalue weighted by molar-refractivity contribution is -0.131. The average molecular weight is 366 g/mol. The summed E-state index contributed by atoms with van der Waals surface area (Å²) in [6.07, 6.45) is 0.503. The molecule has 2 aromatic rings. The Morgan fingerprint density at radius 2 is 1.56 bits per heavy atom. The normalized spacial score (nSPS) is 14.1. The summed E-state index contributed by atoms with van der Waals surface area (Å²) in [4.78, 5) is 28.9. The van der Waals surface area contributed by atoms with Crippen molar-refractivity contribution in [1.82, 2.24) is 4.90 Å². The van der Waals surface area contributed by atoms with Crippen molar-refractivity contribution in [1.29, 1.82) is 0 Å². The highest BCUT2D eigenvalue weighted by molar-refractivity contribution is 5.98. The van der Waals surface area contributed by atoms with Crippen molar-refractivity contribution in [3.05, 3.63) is 60.2 Å². The third-order valence-corrected chi connectivity index (χ3v) is 4.81. The summed E-state index contributed by atoms with van der Waals surface area (Å²) >= 11 is 0. The first kappa shape index (κ1) is 19.0. The number of benzene rings is 2. The van der Waals surface area contributed by atoms with E-state index in [1.807, 2.05) is 30.0 Å². The number of amides is 1. The first-order valence-corrected chi connectivity index (χ1v) is 9.51. The average Bonchev–Trinajstić information content (AvgIpc) is 2.73. The van der Waals surface area contributed by atoms with E-state index in [2.05, 4.69) is 17.0 Å². The van der Waals surface area contributed by atoms with E-state index in [4.69, 9.17) is 4.74 Å². The molecule has 0 radical (unpaired) electrons. The van der Waals surface area contributed by atoms with Crippen LogP contribution in [0.25, 0.3) is 0 Å². The van der Waals surface area contributed by atoms with Gasteiger partial charge in [-0.15, -0.1) is 0 Å². The molecule has 1 aliphatic heterocycles. The van der Waals surface area contributed by atoms with Crippen molar-refractivity contribution < 1.29 is 14.3 Å². The molecule has 2 aromatic carbocycles. The van der Waals surface area contributed by atoms with E-state index in [1.54, 1.807) is 24.3 Å². The van der Waals surface area contributed by atoms with Crippen LogP contribution in [-0.2, 0) is 4.79 Å². The summed E-state index contributed by atoms with van der Waals surface area (Å²) in [7, 11) is 0. The number of hydrogen-bond acceptors (Lipinski definition) is 4. The minimum atomic E-state index is -0.00526. The number of nitrogens with zero attached hydrogens (tertiary/aromatic N) is 2.